The van der Waals surface area contributed by atoms with E-state index in [2.05, 4.69) is 17.6 Å². The van der Waals surface area contributed by atoms with Gasteiger partial charge >= 0.3 is 0 Å². The highest BCUT2D eigenvalue weighted by Gasteiger charge is 1.90. The van der Waals surface area contributed by atoms with Gasteiger partial charge in [0.1, 0.15) is 0 Å². The summed E-state index contributed by atoms with van der Waals surface area (Å²) in [5, 5.41) is 6.82. The lowest BCUT2D eigenvalue weighted by atomic mass is 10.2. The molecule has 3 heteroatoms. The summed E-state index contributed by atoms with van der Waals surface area (Å²) < 4.78 is 0. The number of rotatable bonds is 12. The Morgan fingerprint density at radius 2 is 1.33 bits per heavy atom. The zero-order chi connectivity index (χ0) is 11.2. The van der Waals surface area contributed by atoms with Crippen LogP contribution in [0.15, 0.2) is 0 Å². The topological polar surface area (TPSA) is 50.1 Å². The van der Waals surface area contributed by atoms with E-state index in [4.69, 9.17) is 5.73 Å². The lowest BCUT2D eigenvalue weighted by Gasteiger charge is -2.05. The minimum Gasteiger partial charge on any atom is -0.330 e. The summed E-state index contributed by atoms with van der Waals surface area (Å²) in [6.45, 7) is 9.06. The van der Waals surface area contributed by atoms with E-state index in [9.17, 15) is 0 Å². The molecule has 0 spiro atoms. The average Bonchev–Trinajstić information content (AvgIpc) is 2.26. The smallest absolute Gasteiger partial charge is 0.00368 e. The van der Waals surface area contributed by atoms with Crippen LogP contribution in [0.25, 0.3) is 0 Å². The Morgan fingerprint density at radius 1 is 0.733 bits per heavy atom. The van der Waals surface area contributed by atoms with E-state index < -0.39 is 0 Å². The summed E-state index contributed by atoms with van der Waals surface area (Å²) in [5.74, 6) is 0. The van der Waals surface area contributed by atoms with Gasteiger partial charge in [0.2, 0.25) is 0 Å². The van der Waals surface area contributed by atoms with Gasteiger partial charge < -0.3 is 16.4 Å². The van der Waals surface area contributed by atoms with Crippen LogP contribution in [0.4, 0.5) is 0 Å². The molecule has 0 rings (SSSR count). The normalized spacial score (nSPS) is 10.8. The van der Waals surface area contributed by atoms with Gasteiger partial charge in [-0.3, -0.25) is 0 Å². The number of unbranched alkanes of at least 4 members (excludes halogenated alkanes) is 3. The third-order valence-electron chi connectivity index (χ3n) is 2.37. The summed E-state index contributed by atoms with van der Waals surface area (Å²) in [6, 6.07) is 0. The number of nitrogens with two attached hydrogens (primary N) is 1. The van der Waals surface area contributed by atoms with Gasteiger partial charge in [-0.2, -0.15) is 0 Å². The molecule has 0 aromatic carbocycles. The summed E-state index contributed by atoms with van der Waals surface area (Å²) in [4.78, 5) is 0. The van der Waals surface area contributed by atoms with Gasteiger partial charge in [0.25, 0.3) is 0 Å². The molecule has 4 N–H and O–H groups in total. The molecule has 0 fully saturated rings. The molecular formula is C12H28N3. The minimum absolute atomic E-state index is 0.789. The van der Waals surface area contributed by atoms with Crippen LogP contribution >= 0.6 is 0 Å². The van der Waals surface area contributed by atoms with E-state index >= 15 is 0 Å². The van der Waals surface area contributed by atoms with Crippen molar-refractivity contribution in [2.75, 3.05) is 32.7 Å². The Bertz CT molecular complexity index is 95.0. The van der Waals surface area contributed by atoms with E-state index in [1.807, 2.05) is 0 Å². The fourth-order valence-corrected chi connectivity index (χ4v) is 1.42. The zero-order valence-electron chi connectivity index (χ0n) is 10.1. The SMILES string of the molecule is [CH2]CCCCCNCCCNCCCN. The second-order valence-electron chi connectivity index (χ2n) is 3.91. The third kappa shape index (κ3) is 13.9. The molecule has 15 heavy (non-hydrogen) atoms. The van der Waals surface area contributed by atoms with Crippen LogP contribution in [-0.2, 0) is 0 Å². The Kier molecular flexibility index (Phi) is 13.8. The van der Waals surface area contributed by atoms with Crippen molar-refractivity contribution >= 4 is 0 Å². The highest BCUT2D eigenvalue weighted by atomic mass is 14.9. The van der Waals surface area contributed by atoms with Gasteiger partial charge in [0.05, 0.1) is 0 Å². The molecule has 0 aromatic heterocycles. The Labute approximate surface area is 95.2 Å². The van der Waals surface area contributed by atoms with Crippen molar-refractivity contribution in [1.29, 1.82) is 0 Å². The van der Waals surface area contributed by atoms with E-state index in [-0.39, 0.29) is 0 Å². The molecule has 0 saturated heterocycles. The molecule has 0 aliphatic carbocycles. The van der Waals surface area contributed by atoms with Crippen LogP contribution in [-0.4, -0.2) is 32.7 Å². The van der Waals surface area contributed by atoms with Crippen molar-refractivity contribution in [3.05, 3.63) is 6.92 Å². The molecule has 0 amide bonds. The van der Waals surface area contributed by atoms with Gasteiger partial charge in [0, 0.05) is 0 Å². The van der Waals surface area contributed by atoms with Crippen LogP contribution in [0.3, 0.4) is 0 Å². The molecule has 0 aliphatic heterocycles. The fourth-order valence-electron chi connectivity index (χ4n) is 1.42. The number of hydrogen-bond donors (Lipinski definition) is 3. The number of nitrogens with one attached hydrogen (secondary N) is 2. The molecule has 91 valence electrons. The van der Waals surface area contributed by atoms with Crippen molar-refractivity contribution in [2.45, 2.75) is 38.5 Å². The average molecular weight is 214 g/mol. The molecule has 0 atom stereocenters. The molecule has 0 aromatic rings. The maximum atomic E-state index is 5.39. The second kappa shape index (κ2) is 13.9. The van der Waals surface area contributed by atoms with Crippen LogP contribution < -0.4 is 16.4 Å². The van der Waals surface area contributed by atoms with Crippen LogP contribution in [0.2, 0.25) is 0 Å². The molecule has 0 aliphatic rings. The molecular weight excluding hydrogens is 186 g/mol. The van der Waals surface area contributed by atoms with Gasteiger partial charge in [-0.1, -0.05) is 26.2 Å². The minimum atomic E-state index is 0.789. The van der Waals surface area contributed by atoms with Crippen molar-refractivity contribution in [2.24, 2.45) is 5.73 Å². The first-order valence-corrected chi connectivity index (χ1v) is 6.32. The van der Waals surface area contributed by atoms with E-state index in [1.54, 1.807) is 0 Å². The van der Waals surface area contributed by atoms with E-state index in [0.717, 1.165) is 45.6 Å². The van der Waals surface area contributed by atoms with Gasteiger partial charge in [-0.25, -0.2) is 0 Å². The Balaban J connectivity index is 2.81. The Morgan fingerprint density at radius 3 is 1.93 bits per heavy atom. The summed E-state index contributed by atoms with van der Waals surface area (Å²) in [5.41, 5.74) is 5.39. The predicted octanol–water partition coefficient (Wildman–Crippen LogP) is 1.30. The first-order valence-electron chi connectivity index (χ1n) is 6.32. The molecule has 0 saturated carbocycles. The molecule has 1 radical (unpaired) electrons. The standard InChI is InChI=1S/C12H28N3/c1-2-3-4-5-9-14-11-7-12-15-10-6-8-13/h14-15H,1-13H2. The lowest BCUT2D eigenvalue weighted by Crippen LogP contribution is -2.24. The predicted molar refractivity (Wildman–Crippen MR) is 67.9 cm³/mol. The molecule has 0 unspecified atom stereocenters. The monoisotopic (exact) mass is 214 g/mol. The van der Waals surface area contributed by atoms with Crippen molar-refractivity contribution in [3.8, 4) is 0 Å². The van der Waals surface area contributed by atoms with E-state index in [0.29, 0.717) is 0 Å². The first-order chi connectivity index (χ1) is 7.41. The van der Waals surface area contributed by atoms with Gasteiger partial charge in [0.15, 0.2) is 0 Å². The Hall–Kier alpha value is -0.120. The molecule has 0 bridgehead atoms. The largest absolute Gasteiger partial charge is 0.330 e. The summed E-state index contributed by atoms with van der Waals surface area (Å²) in [7, 11) is 0. The van der Waals surface area contributed by atoms with E-state index in [1.165, 1.54) is 25.7 Å². The summed E-state index contributed by atoms with van der Waals surface area (Å²) >= 11 is 0. The fraction of sp³-hybridized carbons (Fsp3) is 0.917. The first kappa shape index (κ1) is 14.9. The van der Waals surface area contributed by atoms with Crippen LogP contribution in [0.1, 0.15) is 38.5 Å². The van der Waals surface area contributed by atoms with Crippen molar-refractivity contribution < 1.29 is 0 Å². The molecule has 0 heterocycles. The van der Waals surface area contributed by atoms with Gasteiger partial charge in [-0.05, 0) is 52.0 Å². The lowest BCUT2D eigenvalue weighted by molar-refractivity contribution is 0.564. The van der Waals surface area contributed by atoms with Crippen molar-refractivity contribution in [3.63, 3.8) is 0 Å². The van der Waals surface area contributed by atoms with Crippen LogP contribution in [0, 0.1) is 6.92 Å². The second-order valence-corrected chi connectivity index (χ2v) is 3.91. The number of hydrogen-bond acceptors (Lipinski definition) is 3. The summed E-state index contributed by atoms with van der Waals surface area (Å²) in [6.07, 6.45) is 7.23. The highest BCUT2D eigenvalue weighted by Crippen LogP contribution is 1.96. The molecule has 3 nitrogen and oxygen atoms in total. The third-order valence-corrected chi connectivity index (χ3v) is 2.37. The van der Waals surface area contributed by atoms with Gasteiger partial charge in [-0.15, -0.1) is 0 Å². The quantitative estimate of drug-likeness (QED) is 0.429. The zero-order valence-corrected chi connectivity index (χ0v) is 10.1. The maximum Gasteiger partial charge on any atom is -0.00368 e. The highest BCUT2D eigenvalue weighted by molar-refractivity contribution is 4.53. The maximum absolute atomic E-state index is 5.39. The van der Waals surface area contributed by atoms with Crippen molar-refractivity contribution in [1.82, 2.24) is 10.6 Å². The van der Waals surface area contributed by atoms with Crippen LogP contribution in [0.5, 0.6) is 0 Å².